The van der Waals surface area contributed by atoms with Crippen molar-refractivity contribution in [3.63, 3.8) is 0 Å². The maximum Gasteiger partial charge on any atom is 0.214 e. The topological polar surface area (TPSA) is 37.4 Å². The Kier molecular flexibility index (Phi) is 4.07. The molecular formula is C12H16ClNO2S. The molecular weight excluding hydrogens is 258 g/mol. The zero-order valence-electron chi connectivity index (χ0n) is 9.60. The lowest BCUT2D eigenvalue weighted by atomic mass is 10.1. The quantitative estimate of drug-likeness (QED) is 0.848. The van der Waals surface area contributed by atoms with Crippen molar-refractivity contribution in [1.82, 2.24) is 4.31 Å². The number of hydrogen-bond donors (Lipinski definition) is 0. The molecule has 0 aliphatic carbocycles. The van der Waals surface area contributed by atoms with E-state index in [4.69, 9.17) is 11.6 Å². The lowest BCUT2D eigenvalue weighted by molar-refractivity contribution is 0.386. The Hall–Kier alpha value is -0.580. The Morgan fingerprint density at radius 1 is 1.24 bits per heavy atom. The van der Waals surface area contributed by atoms with Gasteiger partial charge in [0.05, 0.1) is 5.75 Å². The summed E-state index contributed by atoms with van der Waals surface area (Å²) in [6.07, 6.45) is 2.42. The first-order chi connectivity index (χ1) is 8.09. The summed E-state index contributed by atoms with van der Waals surface area (Å²) in [4.78, 5) is 0. The third-order valence-electron chi connectivity index (χ3n) is 3.04. The first kappa shape index (κ1) is 12.9. The normalized spacial score (nSPS) is 20.3. The van der Waals surface area contributed by atoms with E-state index in [1.54, 1.807) is 4.31 Å². The predicted molar refractivity (Wildman–Crippen MR) is 69.7 cm³/mol. The van der Waals surface area contributed by atoms with E-state index in [2.05, 4.69) is 0 Å². The molecule has 0 radical (unpaired) electrons. The van der Waals surface area contributed by atoms with Crippen molar-refractivity contribution in [3.8, 4) is 0 Å². The molecule has 1 aromatic carbocycles. The highest BCUT2D eigenvalue weighted by molar-refractivity contribution is 7.89. The number of nitrogens with zero attached hydrogens (tertiary/aromatic N) is 1. The van der Waals surface area contributed by atoms with E-state index in [1.807, 2.05) is 24.3 Å². The fourth-order valence-electron chi connectivity index (χ4n) is 2.04. The molecule has 0 saturated carbocycles. The van der Waals surface area contributed by atoms with Crippen molar-refractivity contribution in [1.29, 1.82) is 0 Å². The molecule has 0 bridgehead atoms. The molecule has 17 heavy (non-hydrogen) atoms. The Bertz CT molecular complexity index is 487. The van der Waals surface area contributed by atoms with Crippen LogP contribution in [-0.2, 0) is 16.4 Å². The Labute approximate surface area is 107 Å². The number of rotatable bonds is 3. The summed E-state index contributed by atoms with van der Waals surface area (Å²) in [6, 6.07) is 7.58. The van der Waals surface area contributed by atoms with Crippen LogP contribution in [0, 0.1) is 0 Å². The van der Waals surface area contributed by atoms with Crippen molar-refractivity contribution in [2.45, 2.75) is 19.3 Å². The van der Waals surface area contributed by atoms with Gasteiger partial charge in [0.25, 0.3) is 0 Å². The van der Waals surface area contributed by atoms with Crippen LogP contribution >= 0.6 is 11.6 Å². The van der Waals surface area contributed by atoms with Crippen LogP contribution in [0.2, 0.25) is 5.02 Å². The van der Waals surface area contributed by atoms with Gasteiger partial charge in [-0.1, -0.05) is 29.8 Å². The van der Waals surface area contributed by atoms with Gasteiger partial charge in [-0.15, -0.1) is 0 Å². The summed E-state index contributed by atoms with van der Waals surface area (Å²) in [5.74, 6) is 0.287. The van der Waals surface area contributed by atoms with Crippen LogP contribution in [0.3, 0.4) is 0 Å². The summed E-state index contributed by atoms with van der Waals surface area (Å²) in [6.45, 7) is 1.18. The highest BCUT2D eigenvalue weighted by Gasteiger charge is 2.25. The third kappa shape index (κ3) is 3.21. The molecule has 0 spiro atoms. The smallest absolute Gasteiger partial charge is 0.212 e. The van der Waals surface area contributed by atoms with Gasteiger partial charge < -0.3 is 0 Å². The van der Waals surface area contributed by atoms with Gasteiger partial charge >= 0.3 is 0 Å². The Morgan fingerprint density at radius 2 is 2.00 bits per heavy atom. The summed E-state index contributed by atoms with van der Waals surface area (Å²) >= 11 is 6.05. The summed E-state index contributed by atoms with van der Waals surface area (Å²) in [5, 5.41) is 0.710. The van der Waals surface area contributed by atoms with E-state index >= 15 is 0 Å². The molecule has 0 amide bonds. The first-order valence-corrected chi connectivity index (χ1v) is 7.79. The molecule has 0 aromatic heterocycles. The van der Waals surface area contributed by atoms with Crippen molar-refractivity contribution >= 4 is 21.6 Å². The lowest BCUT2D eigenvalue weighted by Crippen LogP contribution is -2.39. The maximum atomic E-state index is 11.8. The summed E-state index contributed by atoms with van der Waals surface area (Å²) < 4.78 is 25.1. The Balaban J connectivity index is 2.01. The van der Waals surface area contributed by atoms with E-state index in [-0.39, 0.29) is 5.75 Å². The predicted octanol–water partition coefficient (Wildman–Crippen LogP) is 2.31. The zero-order chi connectivity index (χ0) is 12.3. The molecule has 0 atom stereocenters. The number of hydrogen-bond acceptors (Lipinski definition) is 2. The van der Waals surface area contributed by atoms with Gasteiger partial charge in [0.15, 0.2) is 0 Å². The average molecular weight is 274 g/mol. The van der Waals surface area contributed by atoms with Gasteiger partial charge in [-0.2, -0.15) is 0 Å². The second-order valence-electron chi connectivity index (χ2n) is 4.26. The maximum absolute atomic E-state index is 11.8. The fraction of sp³-hybridized carbons (Fsp3) is 0.500. The molecule has 1 aromatic rings. The van der Waals surface area contributed by atoms with E-state index in [9.17, 15) is 8.42 Å². The van der Waals surface area contributed by atoms with Crippen LogP contribution in [0.5, 0.6) is 0 Å². The average Bonchev–Trinajstić information content (AvgIpc) is 2.29. The van der Waals surface area contributed by atoms with Gasteiger partial charge in [-0.05, 0) is 30.9 Å². The highest BCUT2D eigenvalue weighted by atomic mass is 35.5. The van der Waals surface area contributed by atoms with Crippen LogP contribution in [0.4, 0.5) is 0 Å². The molecule has 2 rings (SSSR count). The number of halogens is 1. The lowest BCUT2D eigenvalue weighted by Gasteiger charge is -2.26. The molecule has 94 valence electrons. The van der Waals surface area contributed by atoms with Gasteiger partial charge in [0.2, 0.25) is 10.0 Å². The van der Waals surface area contributed by atoms with Crippen LogP contribution in [0.1, 0.15) is 18.4 Å². The SMILES string of the molecule is O=S1(=O)CCCCN1CCc1ccccc1Cl. The van der Waals surface area contributed by atoms with Gasteiger partial charge in [-0.25, -0.2) is 12.7 Å². The van der Waals surface area contributed by atoms with Crippen LogP contribution in [-0.4, -0.2) is 31.6 Å². The minimum atomic E-state index is -3.02. The molecule has 0 unspecified atom stereocenters. The molecule has 3 nitrogen and oxygen atoms in total. The molecule has 5 heteroatoms. The molecule has 1 fully saturated rings. The van der Waals surface area contributed by atoms with E-state index in [0.717, 1.165) is 18.4 Å². The second kappa shape index (κ2) is 5.38. The largest absolute Gasteiger partial charge is 0.214 e. The fourth-order valence-corrected chi connectivity index (χ4v) is 3.87. The van der Waals surface area contributed by atoms with Gasteiger partial charge in [0, 0.05) is 18.1 Å². The van der Waals surface area contributed by atoms with Crippen molar-refractivity contribution < 1.29 is 8.42 Å². The minimum absolute atomic E-state index is 0.287. The highest BCUT2D eigenvalue weighted by Crippen LogP contribution is 2.18. The molecule has 0 N–H and O–H groups in total. The van der Waals surface area contributed by atoms with E-state index in [0.29, 0.717) is 24.5 Å². The Morgan fingerprint density at radius 3 is 2.71 bits per heavy atom. The summed E-state index contributed by atoms with van der Waals surface area (Å²) in [7, 11) is -3.02. The second-order valence-corrected chi connectivity index (χ2v) is 6.76. The molecule has 1 aliphatic heterocycles. The molecule has 1 saturated heterocycles. The van der Waals surface area contributed by atoms with Crippen molar-refractivity contribution in [2.75, 3.05) is 18.8 Å². The number of benzene rings is 1. The zero-order valence-corrected chi connectivity index (χ0v) is 11.2. The van der Waals surface area contributed by atoms with Crippen molar-refractivity contribution in [3.05, 3.63) is 34.9 Å². The standard InChI is InChI=1S/C12H16ClNO2S/c13-12-6-2-1-5-11(12)7-9-14-8-3-4-10-17(14,15)16/h1-2,5-6H,3-4,7-10H2. The van der Waals surface area contributed by atoms with Crippen LogP contribution < -0.4 is 0 Å². The van der Waals surface area contributed by atoms with Crippen LogP contribution in [0.25, 0.3) is 0 Å². The number of sulfonamides is 1. The third-order valence-corrected chi connectivity index (χ3v) is 5.37. The monoisotopic (exact) mass is 273 g/mol. The molecule has 1 aliphatic rings. The molecule has 1 heterocycles. The van der Waals surface area contributed by atoms with Crippen LogP contribution in [0.15, 0.2) is 24.3 Å². The minimum Gasteiger partial charge on any atom is -0.212 e. The summed E-state index contributed by atoms with van der Waals surface area (Å²) in [5.41, 5.74) is 1.01. The van der Waals surface area contributed by atoms with E-state index in [1.165, 1.54) is 0 Å². The van der Waals surface area contributed by atoms with Gasteiger partial charge in [-0.3, -0.25) is 0 Å². The van der Waals surface area contributed by atoms with E-state index < -0.39 is 10.0 Å². The van der Waals surface area contributed by atoms with Crippen molar-refractivity contribution in [2.24, 2.45) is 0 Å². The van der Waals surface area contributed by atoms with Gasteiger partial charge in [0.1, 0.15) is 0 Å². The first-order valence-electron chi connectivity index (χ1n) is 5.81.